The highest BCUT2D eigenvalue weighted by Crippen LogP contribution is 2.18. The van der Waals surface area contributed by atoms with E-state index in [1.807, 2.05) is 19.9 Å². The van der Waals surface area contributed by atoms with E-state index in [-0.39, 0.29) is 24.1 Å². The predicted octanol–water partition coefficient (Wildman–Crippen LogP) is 3.04. The van der Waals surface area contributed by atoms with Crippen LogP contribution in [0.4, 0.5) is 0 Å². The van der Waals surface area contributed by atoms with Crippen LogP contribution in [0.25, 0.3) is 0 Å². The third kappa shape index (κ3) is 6.25. The molecule has 0 aliphatic rings. The third-order valence-corrected chi connectivity index (χ3v) is 3.48. The van der Waals surface area contributed by atoms with Crippen LogP contribution >= 0.6 is 0 Å². The summed E-state index contributed by atoms with van der Waals surface area (Å²) in [6, 6.07) is 6.80. The van der Waals surface area contributed by atoms with Gasteiger partial charge in [-0.15, -0.1) is 0 Å². The second-order valence-electron chi connectivity index (χ2n) is 4.97. The molecule has 4 nitrogen and oxygen atoms in total. The number of aromatic hydroxyl groups is 1. The Balaban J connectivity index is 2.39. The van der Waals surface area contributed by atoms with Crippen molar-refractivity contribution < 1.29 is 19.4 Å². The Bertz CT molecular complexity index is 488. The molecule has 1 aromatic rings. The van der Waals surface area contributed by atoms with E-state index in [2.05, 4.69) is 0 Å². The van der Waals surface area contributed by atoms with Crippen LogP contribution in [-0.4, -0.2) is 24.0 Å². The number of phenolic OH excluding ortho intramolecular Hbond substituents is 1. The van der Waals surface area contributed by atoms with Crippen LogP contribution in [0.2, 0.25) is 0 Å². The Morgan fingerprint density at radius 3 is 2.57 bits per heavy atom. The summed E-state index contributed by atoms with van der Waals surface area (Å²) in [7, 11) is 0. The number of hydrogen-bond acceptors (Lipinski definition) is 4. The predicted molar refractivity (Wildman–Crippen MR) is 81.0 cm³/mol. The lowest BCUT2D eigenvalue weighted by molar-refractivity contribution is -0.144. The Hall–Kier alpha value is -2.10. The lowest BCUT2D eigenvalue weighted by Crippen LogP contribution is -2.14. The number of carbonyl (C=O) groups is 2. The number of esters is 1. The average molecular weight is 290 g/mol. The summed E-state index contributed by atoms with van der Waals surface area (Å²) in [5, 5.41) is 9.18. The second kappa shape index (κ2) is 8.95. The molecule has 0 saturated carbocycles. The first-order valence-corrected chi connectivity index (χ1v) is 7.06. The zero-order valence-corrected chi connectivity index (χ0v) is 12.5. The summed E-state index contributed by atoms with van der Waals surface area (Å²) < 4.78 is 5.20. The van der Waals surface area contributed by atoms with Gasteiger partial charge in [0.1, 0.15) is 12.0 Å². The maximum Gasteiger partial charge on any atom is 0.306 e. The molecule has 0 aliphatic carbocycles. The molecule has 0 amide bonds. The lowest BCUT2D eigenvalue weighted by Gasteiger charge is -2.14. The first-order valence-electron chi connectivity index (χ1n) is 7.06. The van der Waals surface area contributed by atoms with Crippen molar-refractivity contribution in [3.8, 4) is 5.75 Å². The summed E-state index contributed by atoms with van der Waals surface area (Å²) in [5.74, 6) is -0.148. The molecule has 0 fully saturated rings. The first-order chi connectivity index (χ1) is 10.1. The largest absolute Gasteiger partial charge is 0.508 e. The molecular weight excluding hydrogens is 268 g/mol. The van der Waals surface area contributed by atoms with Gasteiger partial charge in [0.05, 0.1) is 13.0 Å². The zero-order chi connectivity index (χ0) is 15.7. The molecule has 1 N–H and O–H groups in total. The number of benzene rings is 1. The van der Waals surface area contributed by atoms with E-state index in [1.165, 1.54) is 0 Å². The molecule has 0 aromatic heterocycles. The van der Waals surface area contributed by atoms with Crippen LogP contribution in [-0.2, 0) is 20.7 Å². The highest BCUT2D eigenvalue weighted by molar-refractivity contribution is 5.70. The molecule has 0 aliphatic heterocycles. The third-order valence-electron chi connectivity index (χ3n) is 3.48. The molecule has 1 atom stereocenters. The van der Waals surface area contributed by atoms with Crippen LogP contribution < -0.4 is 0 Å². The quantitative estimate of drug-likeness (QED) is 0.454. The maximum atomic E-state index is 11.8. The summed E-state index contributed by atoms with van der Waals surface area (Å²) in [5.41, 5.74) is 2.02. The van der Waals surface area contributed by atoms with Gasteiger partial charge >= 0.3 is 5.97 Å². The Labute approximate surface area is 125 Å². The number of ether oxygens (including phenoxy) is 1. The van der Waals surface area contributed by atoms with Crippen molar-refractivity contribution in [2.45, 2.75) is 33.1 Å². The summed E-state index contributed by atoms with van der Waals surface area (Å²) in [6.45, 7) is 4.10. The summed E-state index contributed by atoms with van der Waals surface area (Å²) in [4.78, 5) is 22.4. The van der Waals surface area contributed by atoms with Gasteiger partial charge in [0.2, 0.25) is 0 Å². The van der Waals surface area contributed by atoms with Crippen LogP contribution in [0.3, 0.4) is 0 Å². The van der Waals surface area contributed by atoms with Crippen molar-refractivity contribution in [2.24, 2.45) is 5.92 Å². The Kier molecular flexibility index (Phi) is 7.23. The van der Waals surface area contributed by atoms with Gasteiger partial charge in [-0.25, -0.2) is 0 Å². The first kappa shape index (κ1) is 17.0. The van der Waals surface area contributed by atoms with Crippen molar-refractivity contribution in [3.63, 3.8) is 0 Å². The maximum absolute atomic E-state index is 11.8. The number of carbonyl (C=O) groups excluding carboxylic acids is 2. The molecule has 1 aromatic carbocycles. The van der Waals surface area contributed by atoms with Crippen LogP contribution in [0.15, 0.2) is 35.9 Å². The minimum atomic E-state index is -0.290. The number of hydrogen-bond donors (Lipinski definition) is 1. The fourth-order valence-electron chi connectivity index (χ4n) is 1.99. The lowest BCUT2D eigenvalue weighted by atomic mass is 9.94. The van der Waals surface area contributed by atoms with Gasteiger partial charge in [0, 0.05) is 12.8 Å². The Morgan fingerprint density at radius 2 is 2.00 bits per heavy atom. The van der Waals surface area contributed by atoms with Crippen molar-refractivity contribution in [1.29, 1.82) is 0 Å². The van der Waals surface area contributed by atoms with Gasteiger partial charge in [-0.1, -0.05) is 23.8 Å². The molecule has 1 rings (SSSR count). The molecule has 114 valence electrons. The molecular formula is C17H22O4. The van der Waals surface area contributed by atoms with Gasteiger partial charge in [0.25, 0.3) is 0 Å². The average Bonchev–Trinajstić information content (AvgIpc) is 2.48. The van der Waals surface area contributed by atoms with Crippen molar-refractivity contribution in [2.75, 3.05) is 6.61 Å². The molecule has 0 spiro atoms. The topological polar surface area (TPSA) is 63.6 Å². The van der Waals surface area contributed by atoms with E-state index < -0.39 is 0 Å². The molecule has 21 heavy (non-hydrogen) atoms. The van der Waals surface area contributed by atoms with Crippen molar-refractivity contribution >= 4 is 12.3 Å². The molecule has 0 bridgehead atoms. The fraction of sp³-hybridized carbons (Fsp3) is 0.412. The van der Waals surface area contributed by atoms with Crippen molar-refractivity contribution in [1.82, 2.24) is 0 Å². The normalized spacial score (nSPS) is 12.8. The van der Waals surface area contributed by atoms with E-state index in [0.29, 0.717) is 19.4 Å². The minimum absolute atomic E-state index is 0.0753. The molecule has 0 saturated heterocycles. The highest BCUT2D eigenvalue weighted by Gasteiger charge is 2.15. The van der Waals surface area contributed by atoms with Gasteiger partial charge in [0.15, 0.2) is 0 Å². The standard InChI is InChI=1S/C17H22O4/c1-3-13(2)15(8-10-18)12-17(20)21-11-9-14-4-6-16(19)7-5-14/h3-7,10,15,19H,8-9,11-12H2,1-2H3/b13-3-/t15-/m1/s1. The van der Waals surface area contributed by atoms with Crippen LogP contribution in [0, 0.1) is 5.92 Å². The van der Waals surface area contributed by atoms with E-state index in [9.17, 15) is 14.7 Å². The zero-order valence-electron chi connectivity index (χ0n) is 12.5. The smallest absolute Gasteiger partial charge is 0.306 e. The number of rotatable bonds is 8. The highest BCUT2D eigenvalue weighted by atomic mass is 16.5. The molecule has 0 heterocycles. The van der Waals surface area contributed by atoms with Crippen LogP contribution in [0.5, 0.6) is 5.75 Å². The van der Waals surface area contributed by atoms with E-state index in [1.54, 1.807) is 24.3 Å². The van der Waals surface area contributed by atoms with Gasteiger partial charge in [-0.3, -0.25) is 4.79 Å². The van der Waals surface area contributed by atoms with Crippen molar-refractivity contribution in [3.05, 3.63) is 41.5 Å². The van der Waals surface area contributed by atoms with Crippen LogP contribution in [0.1, 0.15) is 32.3 Å². The molecule has 0 unspecified atom stereocenters. The summed E-state index contributed by atoms with van der Waals surface area (Å²) >= 11 is 0. The monoisotopic (exact) mass is 290 g/mol. The summed E-state index contributed by atoms with van der Waals surface area (Å²) in [6.07, 6.45) is 3.92. The minimum Gasteiger partial charge on any atom is -0.508 e. The fourth-order valence-corrected chi connectivity index (χ4v) is 1.99. The van der Waals surface area contributed by atoms with E-state index in [0.717, 1.165) is 17.4 Å². The van der Waals surface area contributed by atoms with Gasteiger partial charge < -0.3 is 14.6 Å². The molecule has 0 radical (unpaired) electrons. The SMILES string of the molecule is C/C=C(/C)[C@H](CC=O)CC(=O)OCCc1ccc(O)cc1. The Morgan fingerprint density at radius 1 is 1.33 bits per heavy atom. The number of allylic oxidation sites excluding steroid dienone is 2. The second-order valence-corrected chi connectivity index (χ2v) is 4.97. The van der Waals surface area contributed by atoms with Gasteiger partial charge in [-0.05, 0) is 37.5 Å². The van der Waals surface area contributed by atoms with E-state index >= 15 is 0 Å². The molecule has 4 heteroatoms. The number of aldehydes is 1. The van der Waals surface area contributed by atoms with E-state index in [4.69, 9.17) is 4.74 Å². The number of phenols is 1. The van der Waals surface area contributed by atoms with Gasteiger partial charge in [-0.2, -0.15) is 0 Å².